The molecule has 1 aliphatic rings. The van der Waals surface area contributed by atoms with Gasteiger partial charge in [-0.15, -0.1) is 0 Å². The smallest absolute Gasteiger partial charge is 0.256 e. The fourth-order valence-electron chi connectivity index (χ4n) is 1.32. The van der Waals surface area contributed by atoms with Crippen LogP contribution in [-0.2, 0) is 9.59 Å². The molecule has 0 N–H and O–H groups in total. The Labute approximate surface area is 82.8 Å². The van der Waals surface area contributed by atoms with Crippen molar-refractivity contribution < 1.29 is 9.59 Å². The third-order valence-corrected chi connectivity index (χ3v) is 2.11. The predicted molar refractivity (Wildman–Crippen MR) is 49.9 cm³/mol. The number of unbranched alkanes of at least 4 members (excludes halogenated alkanes) is 2. The Morgan fingerprint density at radius 2 is 2.14 bits per heavy atom. The van der Waals surface area contributed by atoms with Gasteiger partial charge in [0.1, 0.15) is 0 Å². The lowest BCUT2D eigenvalue weighted by atomic mass is 10.2. The molecule has 1 rings (SSSR count). The van der Waals surface area contributed by atoms with E-state index in [-0.39, 0.29) is 11.8 Å². The maximum absolute atomic E-state index is 11.4. The summed E-state index contributed by atoms with van der Waals surface area (Å²) in [4.78, 5) is 23.8. The zero-order valence-electron chi connectivity index (χ0n) is 8.12. The summed E-state index contributed by atoms with van der Waals surface area (Å²) in [6, 6.07) is 2.02. The van der Waals surface area contributed by atoms with Gasteiger partial charge in [0.2, 0.25) is 0 Å². The Hall–Kier alpha value is -1.63. The molecule has 0 atom stereocenters. The summed E-state index contributed by atoms with van der Waals surface area (Å²) < 4.78 is 0. The molecule has 0 aromatic heterocycles. The van der Waals surface area contributed by atoms with E-state index in [4.69, 9.17) is 5.26 Å². The minimum atomic E-state index is -0.232. The largest absolute Gasteiger partial charge is 0.275 e. The molecule has 0 aliphatic carbocycles. The quantitative estimate of drug-likeness (QED) is 0.493. The highest BCUT2D eigenvalue weighted by Crippen LogP contribution is 2.12. The lowest BCUT2D eigenvalue weighted by Gasteiger charge is -2.13. The third-order valence-electron chi connectivity index (χ3n) is 2.11. The van der Waals surface area contributed by atoms with Gasteiger partial charge in [-0.2, -0.15) is 5.26 Å². The normalized spacial score (nSPS) is 15.7. The van der Waals surface area contributed by atoms with Crippen LogP contribution in [0.4, 0.5) is 0 Å². The zero-order chi connectivity index (χ0) is 10.6. The number of nitrogens with zero attached hydrogens (tertiary/aromatic N) is 2. The van der Waals surface area contributed by atoms with Gasteiger partial charge in [0.25, 0.3) is 11.8 Å². The Kier molecular flexibility index (Phi) is 3.41. The average Bonchev–Trinajstić information content (AvgIpc) is 2.38. The van der Waals surface area contributed by atoms with Crippen LogP contribution in [0.2, 0.25) is 0 Å². The van der Waals surface area contributed by atoms with Crippen LogP contribution in [0.3, 0.4) is 0 Å². The van der Waals surface area contributed by atoms with Crippen molar-refractivity contribution in [2.24, 2.45) is 0 Å². The molecule has 0 spiro atoms. The van der Waals surface area contributed by atoms with Crippen molar-refractivity contribution >= 4 is 11.8 Å². The van der Waals surface area contributed by atoms with Gasteiger partial charge < -0.3 is 0 Å². The monoisotopic (exact) mass is 192 g/mol. The fraction of sp³-hybridized carbons (Fsp3) is 0.500. The van der Waals surface area contributed by atoms with Gasteiger partial charge in [0, 0.05) is 24.6 Å². The zero-order valence-corrected chi connectivity index (χ0v) is 8.12. The number of hydrogen-bond donors (Lipinski definition) is 0. The van der Waals surface area contributed by atoms with Crippen LogP contribution in [0.15, 0.2) is 11.6 Å². The fourth-order valence-corrected chi connectivity index (χ4v) is 1.32. The van der Waals surface area contributed by atoms with Crippen LogP contribution in [-0.4, -0.2) is 23.3 Å². The van der Waals surface area contributed by atoms with Crippen molar-refractivity contribution in [1.82, 2.24) is 4.90 Å². The van der Waals surface area contributed by atoms with Crippen LogP contribution < -0.4 is 0 Å². The molecule has 4 heteroatoms. The number of carbonyl (C=O) groups excluding carboxylic acids is 2. The average molecular weight is 192 g/mol. The van der Waals surface area contributed by atoms with E-state index >= 15 is 0 Å². The van der Waals surface area contributed by atoms with Gasteiger partial charge in [-0.3, -0.25) is 14.5 Å². The van der Waals surface area contributed by atoms with E-state index in [9.17, 15) is 9.59 Å². The minimum Gasteiger partial charge on any atom is -0.275 e. The molecule has 1 aliphatic heterocycles. The number of rotatable bonds is 4. The second-order valence-electron chi connectivity index (χ2n) is 3.24. The van der Waals surface area contributed by atoms with Gasteiger partial charge in [-0.05, 0) is 19.8 Å². The van der Waals surface area contributed by atoms with Gasteiger partial charge in [0.05, 0.1) is 6.07 Å². The molecule has 1 heterocycles. The Balaban J connectivity index is 2.37. The molecule has 0 radical (unpaired) electrons. The van der Waals surface area contributed by atoms with E-state index in [0.29, 0.717) is 25.0 Å². The van der Waals surface area contributed by atoms with Crippen LogP contribution in [0.25, 0.3) is 0 Å². The Bertz CT molecular complexity index is 326. The SMILES string of the molecule is CC1=CC(=O)N(CCCCC#N)C1=O. The highest BCUT2D eigenvalue weighted by Gasteiger charge is 2.27. The van der Waals surface area contributed by atoms with Gasteiger partial charge in [-0.1, -0.05) is 0 Å². The molecule has 4 nitrogen and oxygen atoms in total. The molecular formula is C10H12N2O2. The van der Waals surface area contributed by atoms with Crippen LogP contribution in [0.5, 0.6) is 0 Å². The number of hydrogen-bond acceptors (Lipinski definition) is 3. The minimum absolute atomic E-state index is 0.202. The van der Waals surface area contributed by atoms with E-state index in [0.717, 1.165) is 6.42 Å². The van der Waals surface area contributed by atoms with Gasteiger partial charge >= 0.3 is 0 Å². The summed E-state index contributed by atoms with van der Waals surface area (Å²) in [5, 5.41) is 8.30. The van der Waals surface area contributed by atoms with Crippen molar-refractivity contribution in [3.8, 4) is 6.07 Å². The van der Waals surface area contributed by atoms with Crippen molar-refractivity contribution in [3.05, 3.63) is 11.6 Å². The molecule has 0 fully saturated rings. The standard InChI is InChI=1S/C10H12N2O2/c1-8-7-9(13)12(10(8)14)6-4-2-3-5-11/h7H,2-4,6H2,1H3. The second kappa shape index (κ2) is 4.56. The number of amides is 2. The highest BCUT2D eigenvalue weighted by molar-refractivity contribution is 6.15. The Morgan fingerprint density at radius 3 is 2.64 bits per heavy atom. The van der Waals surface area contributed by atoms with E-state index in [2.05, 4.69) is 0 Å². The molecule has 74 valence electrons. The van der Waals surface area contributed by atoms with Crippen molar-refractivity contribution in [2.75, 3.05) is 6.54 Å². The van der Waals surface area contributed by atoms with Crippen LogP contribution >= 0.6 is 0 Å². The summed E-state index contributed by atoms with van der Waals surface area (Å²) in [7, 11) is 0. The molecule has 0 unspecified atom stereocenters. The maximum atomic E-state index is 11.4. The van der Waals surface area contributed by atoms with E-state index in [1.54, 1.807) is 6.92 Å². The van der Waals surface area contributed by atoms with Crippen LogP contribution in [0.1, 0.15) is 26.2 Å². The molecule has 0 aromatic rings. The molecular weight excluding hydrogens is 180 g/mol. The first kappa shape index (κ1) is 10.5. The second-order valence-corrected chi connectivity index (χ2v) is 3.24. The van der Waals surface area contributed by atoms with Gasteiger partial charge in [-0.25, -0.2) is 0 Å². The molecule has 0 saturated heterocycles. The van der Waals surface area contributed by atoms with Gasteiger partial charge in [0.15, 0.2) is 0 Å². The topological polar surface area (TPSA) is 61.2 Å². The van der Waals surface area contributed by atoms with E-state index in [1.807, 2.05) is 6.07 Å². The first-order valence-electron chi connectivity index (χ1n) is 4.58. The number of carbonyl (C=O) groups is 2. The lowest BCUT2D eigenvalue weighted by Crippen LogP contribution is -2.31. The summed E-state index contributed by atoms with van der Waals surface area (Å²) in [5.74, 6) is -0.434. The summed E-state index contributed by atoms with van der Waals surface area (Å²) in [6.45, 7) is 2.06. The highest BCUT2D eigenvalue weighted by atomic mass is 16.2. The molecule has 0 aromatic carbocycles. The maximum Gasteiger partial charge on any atom is 0.256 e. The molecule has 0 saturated carbocycles. The van der Waals surface area contributed by atoms with Crippen LogP contribution in [0, 0.1) is 11.3 Å². The van der Waals surface area contributed by atoms with Crippen molar-refractivity contribution in [3.63, 3.8) is 0 Å². The van der Waals surface area contributed by atoms with Crippen molar-refractivity contribution in [2.45, 2.75) is 26.2 Å². The summed E-state index contributed by atoms with van der Waals surface area (Å²) in [5.41, 5.74) is 0.496. The molecule has 0 bridgehead atoms. The first-order valence-corrected chi connectivity index (χ1v) is 4.58. The Morgan fingerprint density at radius 1 is 1.43 bits per heavy atom. The van der Waals surface area contributed by atoms with Crippen molar-refractivity contribution in [1.29, 1.82) is 5.26 Å². The first-order chi connectivity index (χ1) is 6.66. The number of nitriles is 1. The van der Waals surface area contributed by atoms with E-state index < -0.39 is 0 Å². The van der Waals surface area contributed by atoms with E-state index in [1.165, 1.54) is 11.0 Å². The molecule has 2 amide bonds. The summed E-state index contributed by atoms with van der Waals surface area (Å²) >= 11 is 0. The summed E-state index contributed by atoms with van der Waals surface area (Å²) in [6.07, 6.45) is 3.26. The lowest BCUT2D eigenvalue weighted by molar-refractivity contribution is -0.137. The third kappa shape index (κ3) is 2.19. The molecule has 14 heavy (non-hydrogen) atoms. The number of imide groups is 1. The predicted octanol–water partition coefficient (Wildman–Crippen LogP) is 0.995.